The van der Waals surface area contributed by atoms with Crippen molar-refractivity contribution in [2.24, 2.45) is 0 Å². The minimum atomic E-state index is -0.146. The number of hydrogen-bond acceptors (Lipinski definition) is 2. The van der Waals surface area contributed by atoms with Gasteiger partial charge < -0.3 is 10.6 Å². The molecule has 0 aliphatic carbocycles. The molecule has 0 bridgehead atoms. The van der Waals surface area contributed by atoms with E-state index in [2.05, 4.69) is 5.32 Å². The van der Waals surface area contributed by atoms with Gasteiger partial charge in [-0.3, -0.25) is 9.59 Å². The zero-order valence-electron chi connectivity index (χ0n) is 13.5. The monoisotopic (exact) mass is 365 g/mol. The number of Topliss-reactive ketones (excluding diaryl/α,β-unsaturated/α-hetero) is 1. The van der Waals surface area contributed by atoms with Crippen molar-refractivity contribution < 1.29 is 14.9 Å². The lowest BCUT2D eigenvalue weighted by Gasteiger charge is -2.13. The van der Waals surface area contributed by atoms with Gasteiger partial charge in [-0.1, -0.05) is 41.4 Å². The van der Waals surface area contributed by atoms with Gasteiger partial charge in [0, 0.05) is 21.8 Å². The Morgan fingerprint density at radius 1 is 1.17 bits per heavy atom. The Labute approximate surface area is 151 Å². The minimum Gasteiger partial charge on any atom is -0.332 e. The quantitative estimate of drug-likeness (QED) is 0.769. The van der Waals surface area contributed by atoms with Crippen LogP contribution < -0.4 is 10.6 Å². The molecule has 3 N–H and O–H groups in total. The van der Waals surface area contributed by atoms with Crippen LogP contribution in [0.4, 0.5) is 5.69 Å². The number of ketones is 1. The summed E-state index contributed by atoms with van der Waals surface area (Å²) in [6.45, 7) is 3.70. The molecule has 0 heterocycles. The molecule has 0 aromatic heterocycles. The van der Waals surface area contributed by atoms with Gasteiger partial charge in [0.05, 0.1) is 5.02 Å². The molecule has 2 aromatic rings. The Morgan fingerprint density at radius 2 is 1.92 bits per heavy atom. The lowest BCUT2D eigenvalue weighted by atomic mass is 10.1. The van der Waals surface area contributed by atoms with E-state index in [-0.39, 0.29) is 24.3 Å². The molecule has 0 radical (unpaired) electrons. The molecule has 0 saturated heterocycles. The van der Waals surface area contributed by atoms with E-state index >= 15 is 0 Å². The summed E-state index contributed by atoms with van der Waals surface area (Å²) < 4.78 is 0. The smallest absolute Gasteiger partial charge is 0.279 e. The number of anilines is 1. The number of hydrogen-bond donors (Lipinski definition) is 2. The highest BCUT2D eigenvalue weighted by Crippen LogP contribution is 2.24. The van der Waals surface area contributed by atoms with Crippen LogP contribution in [-0.2, 0) is 4.79 Å². The van der Waals surface area contributed by atoms with Crippen molar-refractivity contribution in [2.75, 3.05) is 11.9 Å². The van der Waals surface area contributed by atoms with E-state index in [1.807, 2.05) is 18.3 Å². The number of nitrogens with one attached hydrogen (secondary N) is 1. The number of quaternary nitrogens is 1. The van der Waals surface area contributed by atoms with Crippen molar-refractivity contribution >= 4 is 40.6 Å². The Balaban J connectivity index is 1.93. The van der Waals surface area contributed by atoms with Crippen LogP contribution >= 0.6 is 23.2 Å². The third kappa shape index (κ3) is 5.06. The molecule has 24 heavy (non-hydrogen) atoms. The highest BCUT2D eigenvalue weighted by Gasteiger charge is 2.15. The first-order valence-corrected chi connectivity index (χ1v) is 8.31. The predicted octanol–water partition coefficient (Wildman–Crippen LogP) is 3.46. The molecule has 0 aliphatic heterocycles. The zero-order valence-corrected chi connectivity index (χ0v) is 15.0. The molecule has 1 amide bonds. The van der Waals surface area contributed by atoms with E-state index in [1.54, 1.807) is 36.4 Å². The molecular weight excluding hydrogens is 347 g/mol. The standard InChI is InChI=1S/C18H18Cl2N2O2/c1-11(16-7-6-14(19)9-17(16)20)21-10-18(24)22-15-5-3-4-13(8-15)12(2)23/h3-9,11,21H,10H2,1-2H3,(H,22,24)/p+1/t11-/m1/s1. The molecule has 2 aromatic carbocycles. The summed E-state index contributed by atoms with van der Waals surface area (Å²) in [5.74, 6) is -0.184. The number of nitrogens with two attached hydrogens (primary N) is 1. The largest absolute Gasteiger partial charge is 0.332 e. The van der Waals surface area contributed by atoms with Gasteiger partial charge in [-0.25, -0.2) is 0 Å². The highest BCUT2D eigenvalue weighted by molar-refractivity contribution is 6.35. The van der Waals surface area contributed by atoms with E-state index in [0.717, 1.165) is 5.56 Å². The van der Waals surface area contributed by atoms with Gasteiger partial charge in [0.25, 0.3) is 5.91 Å². The third-order valence-electron chi connectivity index (χ3n) is 3.66. The molecule has 6 heteroatoms. The van der Waals surface area contributed by atoms with Gasteiger partial charge in [0.2, 0.25) is 0 Å². The van der Waals surface area contributed by atoms with Gasteiger partial charge in [-0.2, -0.15) is 0 Å². The molecule has 0 unspecified atom stereocenters. The Bertz CT molecular complexity index is 762. The van der Waals surface area contributed by atoms with Gasteiger partial charge in [0.15, 0.2) is 12.3 Å². The van der Waals surface area contributed by atoms with Crippen molar-refractivity contribution in [1.82, 2.24) is 0 Å². The number of rotatable bonds is 6. The van der Waals surface area contributed by atoms with Crippen LogP contribution in [0.5, 0.6) is 0 Å². The SMILES string of the molecule is CC(=O)c1cccc(NC(=O)C[NH2+][C@H](C)c2ccc(Cl)cc2Cl)c1. The minimum absolute atomic E-state index is 0.0177. The molecule has 0 spiro atoms. The lowest BCUT2D eigenvalue weighted by Crippen LogP contribution is -2.86. The maximum atomic E-state index is 12.1. The summed E-state index contributed by atoms with van der Waals surface area (Å²) in [5, 5.41) is 5.85. The van der Waals surface area contributed by atoms with Crippen LogP contribution in [-0.4, -0.2) is 18.2 Å². The molecular formula is C18H19Cl2N2O2+. The summed E-state index contributed by atoms with van der Waals surface area (Å²) >= 11 is 12.1. The van der Waals surface area contributed by atoms with Crippen LogP contribution in [0.1, 0.15) is 35.8 Å². The number of carbonyl (C=O) groups excluding carboxylic acids is 2. The molecule has 0 fully saturated rings. The van der Waals surface area contributed by atoms with Crippen molar-refractivity contribution in [3.63, 3.8) is 0 Å². The number of benzene rings is 2. The van der Waals surface area contributed by atoms with E-state index < -0.39 is 0 Å². The second-order valence-electron chi connectivity index (χ2n) is 5.58. The first-order valence-electron chi connectivity index (χ1n) is 7.56. The molecule has 126 valence electrons. The summed E-state index contributed by atoms with van der Waals surface area (Å²) in [4.78, 5) is 23.5. The highest BCUT2D eigenvalue weighted by atomic mass is 35.5. The van der Waals surface area contributed by atoms with Gasteiger partial charge >= 0.3 is 0 Å². The Morgan fingerprint density at radius 3 is 2.58 bits per heavy atom. The first-order chi connectivity index (χ1) is 11.4. The third-order valence-corrected chi connectivity index (χ3v) is 4.23. The summed E-state index contributed by atoms with van der Waals surface area (Å²) in [5.41, 5.74) is 2.10. The van der Waals surface area contributed by atoms with E-state index in [0.29, 0.717) is 21.3 Å². The maximum absolute atomic E-state index is 12.1. The summed E-state index contributed by atoms with van der Waals surface area (Å²) in [7, 11) is 0. The number of halogens is 2. The van der Waals surface area contributed by atoms with E-state index in [1.165, 1.54) is 6.92 Å². The number of carbonyl (C=O) groups is 2. The average molecular weight is 366 g/mol. The summed E-state index contributed by atoms with van der Waals surface area (Å²) in [6.07, 6.45) is 0. The van der Waals surface area contributed by atoms with Crippen LogP contribution in [0.15, 0.2) is 42.5 Å². The van der Waals surface area contributed by atoms with Crippen LogP contribution in [0.25, 0.3) is 0 Å². The molecule has 2 rings (SSSR count). The number of amides is 1. The fraction of sp³-hybridized carbons (Fsp3) is 0.222. The lowest BCUT2D eigenvalue weighted by molar-refractivity contribution is -0.682. The van der Waals surface area contributed by atoms with Gasteiger partial charge in [0.1, 0.15) is 6.04 Å². The molecule has 0 saturated carbocycles. The average Bonchev–Trinajstić information content (AvgIpc) is 2.53. The van der Waals surface area contributed by atoms with Crippen molar-refractivity contribution in [1.29, 1.82) is 0 Å². The summed E-state index contributed by atoms with van der Waals surface area (Å²) in [6, 6.07) is 12.2. The fourth-order valence-electron chi connectivity index (χ4n) is 2.31. The van der Waals surface area contributed by atoms with Crippen LogP contribution in [0.3, 0.4) is 0 Å². The molecule has 4 nitrogen and oxygen atoms in total. The molecule has 1 atom stereocenters. The van der Waals surface area contributed by atoms with Gasteiger partial charge in [-0.05, 0) is 38.1 Å². The Kier molecular flexibility index (Phi) is 6.37. The molecule has 0 aliphatic rings. The second kappa shape index (κ2) is 8.29. The Hall–Kier alpha value is -1.88. The van der Waals surface area contributed by atoms with Crippen molar-refractivity contribution in [3.05, 3.63) is 63.6 Å². The topological polar surface area (TPSA) is 62.8 Å². The van der Waals surface area contributed by atoms with Gasteiger partial charge in [-0.15, -0.1) is 0 Å². The normalized spacial score (nSPS) is 11.8. The van der Waals surface area contributed by atoms with Crippen LogP contribution in [0, 0.1) is 0 Å². The second-order valence-corrected chi connectivity index (χ2v) is 6.42. The predicted molar refractivity (Wildman–Crippen MR) is 96.7 cm³/mol. The first kappa shape index (κ1) is 18.5. The zero-order chi connectivity index (χ0) is 17.7. The fourth-order valence-corrected chi connectivity index (χ4v) is 2.89. The van der Waals surface area contributed by atoms with Crippen molar-refractivity contribution in [3.8, 4) is 0 Å². The van der Waals surface area contributed by atoms with Crippen molar-refractivity contribution in [2.45, 2.75) is 19.9 Å². The maximum Gasteiger partial charge on any atom is 0.279 e. The van der Waals surface area contributed by atoms with Crippen LogP contribution in [0.2, 0.25) is 10.0 Å². The van der Waals surface area contributed by atoms with E-state index in [4.69, 9.17) is 23.2 Å². The van der Waals surface area contributed by atoms with E-state index in [9.17, 15) is 9.59 Å².